The minimum absolute atomic E-state index is 0.0359. The van der Waals surface area contributed by atoms with Crippen LogP contribution in [0.1, 0.15) is 34.6 Å². The van der Waals surface area contributed by atoms with Crippen LogP contribution in [0.4, 0.5) is 16.3 Å². The third-order valence-corrected chi connectivity index (χ3v) is 3.86. The Morgan fingerprint density at radius 3 is 2.46 bits per heavy atom. The van der Waals surface area contributed by atoms with E-state index in [2.05, 4.69) is 9.88 Å². The number of hydrogen-bond acceptors (Lipinski definition) is 6. The lowest BCUT2D eigenvalue weighted by Gasteiger charge is -2.44. The number of nitrogens with zero attached hydrogens (tertiary/aromatic N) is 4. The van der Waals surface area contributed by atoms with Crippen LogP contribution in [-0.2, 0) is 4.74 Å². The van der Waals surface area contributed by atoms with Gasteiger partial charge in [-0.1, -0.05) is 0 Å². The summed E-state index contributed by atoms with van der Waals surface area (Å²) < 4.78 is 5.46. The molecule has 0 aliphatic carbocycles. The van der Waals surface area contributed by atoms with E-state index in [9.17, 15) is 14.9 Å². The van der Waals surface area contributed by atoms with Gasteiger partial charge in [-0.3, -0.25) is 0 Å². The number of pyridine rings is 1. The Morgan fingerprint density at radius 1 is 1.29 bits per heavy atom. The zero-order chi connectivity index (χ0) is 18.1. The second kappa shape index (κ2) is 6.62. The van der Waals surface area contributed by atoms with Gasteiger partial charge in [-0.15, -0.1) is 0 Å². The summed E-state index contributed by atoms with van der Waals surface area (Å²) >= 11 is 0. The Morgan fingerprint density at radius 2 is 1.96 bits per heavy atom. The molecule has 1 aromatic rings. The zero-order valence-electron chi connectivity index (χ0n) is 14.7. The molecule has 0 unspecified atom stereocenters. The molecule has 0 aromatic carbocycles. The van der Waals surface area contributed by atoms with Crippen LogP contribution in [0.3, 0.4) is 0 Å². The highest BCUT2D eigenvalue weighted by molar-refractivity contribution is 5.69. The van der Waals surface area contributed by atoms with Crippen LogP contribution < -0.4 is 4.90 Å². The fourth-order valence-corrected chi connectivity index (χ4v) is 2.72. The first-order chi connectivity index (χ1) is 11.1. The molecule has 0 spiro atoms. The molecule has 1 aliphatic rings. The number of carbonyl (C=O) groups excluding carboxylic acids is 1. The highest BCUT2D eigenvalue weighted by atomic mass is 16.6. The molecule has 0 saturated carbocycles. The van der Waals surface area contributed by atoms with Crippen LogP contribution in [0.2, 0.25) is 0 Å². The van der Waals surface area contributed by atoms with Gasteiger partial charge in [0.05, 0.1) is 5.69 Å². The van der Waals surface area contributed by atoms with Crippen molar-refractivity contribution in [1.29, 1.82) is 0 Å². The first-order valence-corrected chi connectivity index (χ1v) is 7.95. The van der Waals surface area contributed by atoms with Crippen molar-refractivity contribution >= 4 is 17.6 Å². The maximum atomic E-state index is 12.3. The van der Waals surface area contributed by atoms with Gasteiger partial charge in [0.25, 0.3) is 0 Å². The summed E-state index contributed by atoms with van der Waals surface area (Å²) in [6.07, 6.45) is 1.19. The smallest absolute Gasteiger partial charge is 0.410 e. The molecule has 0 bridgehead atoms. The molecule has 2 rings (SSSR count). The van der Waals surface area contributed by atoms with Crippen LogP contribution in [0, 0.1) is 10.1 Å². The van der Waals surface area contributed by atoms with Crippen LogP contribution in [0.15, 0.2) is 18.3 Å². The van der Waals surface area contributed by atoms with Gasteiger partial charge in [-0.25, -0.2) is 4.79 Å². The number of rotatable bonds is 2. The monoisotopic (exact) mass is 336 g/mol. The van der Waals surface area contributed by atoms with Crippen molar-refractivity contribution in [3.05, 3.63) is 28.4 Å². The average molecular weight is 336 g/mol. The first-order valence-electron chi connectivity index (χ1n) is 7.95. The second-order valence-electron chi connectivity index (χ2n) is 7.11. The molecule has 1 saturated heterocycles. The maximum absolute atomic E-state index is 12.3. The highest BCUT2D eigenvalue weighted by Gasteiger charge is 2.35. The number of anilines is 1. The van der Waals surface area contributed by atoms with E-state index in [1.54, 1.807) is 11.0 Å². The first kappa shape index (κ1) is 18.0. The van der Waals surface area contributed by atoms with E-state index in [1.165, 1.54) is 12.3 Å². The summed E-state index contributed by atoms with van der Waals surface area (Å²) in [6.45, 7) is 10.6. The van der Waals surface area contributed by atoms with Gasteiger partial charge in [0.1, 0.15) is 5.60 Å². The maximum Gasteiger partial charge on any atom is 0.410 e. The number of carbonyl (C=O) groups is 1. The van der Waals surface area contributed by atoms with E-state index >= 15 is 0 Å². The van der Waals surface area contributed by atoms with Gasteiger partial charge in [0, 0.05) is 31.2 Å². The van der Waals surface area contributed by atoms with Crippen LogP contribution >= 0.6 is 0 Å². The van der Waals surface area contributed by atoms with Gasteiger partial charge < -0.3 is 24.7 Å². The number of nitro groups is 1. The molecule has 24 heavy (non-hydrogen) atoms. The van der Waals surface area contributed by atoms with Gasteiger partial charge in [0.2, 0.25) is 0 Å². The average Bonchev–Trinajstić information content (AvgIpc) is 2.47. The number of amides is 1. The summed E-state index contributed by atoms with van der Waals surface area (Å²) in [5, 5.41) is 10.7. The Balaban J connectivity index is 2.10. The molecule has 2 atom stereocenters. The quantitative estimate of drug-likeness (QED) is 0.609. The number of ether oxygens (including phenoxy) is 1. The van der Waals surface area contributed by atoms with Crippen LogP contribution in [0.25, 0.3) is 0 Å². The molecule has 2 heterocycles. The Labute approximate surface area is 141 Å². The largest absolute Gasteiger partial charge is 0.444 e. The number of hydrogen-bond donors (Lipinski definition) is 0. The normalized spacial score (nSPS) is 21.5. The fourth-order valence-electron chi connectivity index (χ4n) is 2.72. The third-order valence-electron chi connectivity index (χ3n) is 3.86. The van der Waals surface area contributed by atoms with Gasteiger partial charge in [-0.05, 0) is 50.6 Å². The lowest BCUT2D eigenvalue weighted by Crippen LogP contribution is -2.59. The predicted molar refractivity (Wildman–Crippen MR) is 90.1 cm³/mol. The summed E-state index contributed by atoms with van der Waals surface area (Å²) in [6, 6.07) is 3.10. The van der Waals surface area contributed by atoms with Crippen molar-refractivity contribution in [1.82, 2.24) is 9.88 Å². The summed E-state index contributed by atoms with van der Waals surface area (Å²) in [4.78, 5) is 30.2. The van der Waals surface area contributed by atoms with Crippen molar-refractivity contribution in [2.24, 2.45) is 0 Å². The minimum atomic E-state index is -0.528. The Hall–Kier alpha value is -2.38. The lowest BCUT2D eigenvalue weighted by molar-refractivity contribution is -0.389. The minimum Gasteiger partial charge on any atom is -0.444 e. The SMILES string of the molecule is C[C@@H]1CN(c2ccc([N+](=O)[O-])nc2)[C@@H](C)CN1C(=O)OC(C)(C)C. The Kier molecular flexibility index (Phi) is 4.96. The van der Waals surface area contributed by atoms with Gasteiger partial charge in [0.15, 0.2) is 6.20 Å². The molecule has 8 heteroatoms. The van der Waals surface area contributed by atoms with Crippen molar-refractivity contribution in [3.8, 4) is 0 Å². The Bertz CT molecular complexity index is 611. The van der Waals surface area contributed by atoms with Gasteiger partial charge >= 0.3 is 11.9 Å². The van der Waals surface area contributed by atoms with Crippen molar-refractivity contribution in [3.63, 3.8) is 0 Å². The van der Waals surface area contributed by atoms with Crippen LogP contribution in [-0.4, -0.2) is 51.7 Å². The zero-order valence-corrected chi connectivity index (χ0v) is 14.7. The number of piperazine rings is 1. The second-order valence-corrected chi connectivity index (χ2v) is 7.11. The number of aromatic nitrogens is 1. The topological polar surface area (TPSA) is 88.8 Å². The van der Waals surface area contributed by atoms with Crippen molar-refractivity contribution < 1.29 is 14.5 Å². The van der Waals surface area contributed by atoms with E-state index in [-0.39, 0.29) is 24.0 Å². The molecule has 1 aliphatic heterocycles. The summed E-state index contributed by atoms with van der Waals surface area (Å²) in [5.74, 6) is -0.174. The fraction of sp³-hybridized carbons (Fsp3) is 0.625. The molecule has 132 valence electrons. The van der Waals surface area contributed by atoms with Crippen molar-refractivity contribution in [2.75, 3.05) is 18.0 Å². The molecule has 1 amide bonds. The molecule has 1 aromatic heterocycles. The molecule has 0 N–H and O–H groups in total. The molecule has 1 fully saturated rings. The highest BCUT2D eigenvalue weighted by Crippen LogP contribution is 2.25. The van der Waals surface area contributed by atoms with E-state index < -0.39 is 10.5 Å². The van der Waals surface area contributed by atoms with E-state index in [1.807, 2.05) is 34.6 Å². The van der Waals surface area contributed by atoms with E-state index in [4.69, 9.17) is 4.74 Å². The molecular formula is C16H24N4O4. The third kappa shape index (κ3) is 4.12. The van der Waals surface area contributed by atoms with Crippen molar-refractivity contribution in [2.45, 2.75) is 52.3 Å². The predicted octanol–water partition coefficient (Wildman–Crippen LogP) is 2.82. The molecular weight excluding hydrogens is 312 g/mol. The summed E-state index contributed by atoms with van der Waals surface area (Å²) in [5.41, 5.74) is 0.281. The van der Waals surface area contributed by atoms with Crippen LogP contribution in [0.5, 0.6) is 0 Å². The molecule has 8 nitrogen and oxygen atoms in total. The standard InChI is InChI=1S/C16H24N4O4/c1-11-10-19(15(21)24-16(3,4)5)12(2)9-18(11)13-6-7-14(17-8-13)20(22)23/h6-8,11-12H,9-10H2,1-5H3/t11-,12+/m0/s1. The van der Waals surface area contributed by atoms with E-state index in [0.29, 0.717) is 13.1 Å². The molecule has 0 radical (unpaired) electrons. The lowest BCUT2D eigenvalue weighted by atomic mass is 10.1. The van der Waals surface area contributed by atoms with Gasteiger partial charge in [-0.2, -0.15) is 0 Å². The summed E-state index contributed by atoms with van der Waals surface area (Å²) in [7, 11) is 0. The van der Waals surface area contributed by atoms with E-state index in [0.717, 1.165) is 5.69 Å².